The van der Waals surface area contributed by atoms with Gasteiger partial charge in [-0.2, -0.15) is 10.1 Å². The van der Waals surface area contributed by atoms with Crippen molar-refractivity contribution in [1.29, 1.82) is 0 Å². The molecule has 0 atom stereocenters. The van der Waals surface area contributed by atoms with Crippen molar-refractivity contribution in [3.05, 3.63) is 86.6 Å². The molecule has 2 aromatic carbocycles. The summed E-state index contributed by atoms with van der Waals surface area (Å²) in [5.74, 6) is 0.366. The van der Waals surface area contributed by atoms with Crippen LogP contribution in [-0.2, 0) is 20.6 Å². The number of hydrazone groups is 1. The fourth-order valence-electron chi connectivity index (χ4n) is 3.47. The number of aryl methyl sites for hydroxylation is 2. The van der Waals surface area contributed by atoms with Crippen LogP contribution in [0.2, 0.25) is 0 Å². The maximum absolute atomic E-state index is 13.1. The van der Waals surface area contributed by atoms with Gasteiger partial charge >= 0.3 is 5.69 Å². The number of nitrogens with zero attached hydrogens (tertiary/aromatic N) is 6. The van der Waals surface area contributed by atoms with Gasteiger partial charge in [-0.3, -0.25) is 13.9 Å². The molecule has 0 aliphatic heterocycles. The summed E-state index contributed by atoms with van der Waals surface area (Å²) >= 11 is 0. The molecule has 2 aromatic heterocycles. The van der Waals surface area contributed by atoms with Crippen LogP contribution in [0, 0.1) is 0 Å². The predicted molar refractivity (Wildman–Crippen MR) is 128 cm³/mol. The number of imidazole rings is 1. The molecule has 0 radical (unpaired) electrons. The largest absolute Gasteiger partial charge is 0.378 e. The minimum absolute atomic E-state index is 0.192. The molecule has 1 N–H and O–H groups in total. The Kier molecular flexibility index (Phi) is 5.63. The van der Waals surface area contributed by atoms with Gasteiger partial charge in [0.15, 0.2) is 11.2 Å². The lowest BCUT2D eigenvalue weighted by molar-refractivity contribution is 0.655. The van der Waals surface area contributed by atoms with Crippen molar-refractivity contribution in [3.8, 4) is 0 Å². The summed E-state index contributed by atoms with van der Waals surface area (Å²) in [5, 5.41) is 4.25. The Balaban J connectivity index is 1.66. The number of aromatic nitrogens is 4. The molecule has 0 amide bonds. The van der Waals surface area contributed by atoms with E-state index in [1.54, 1.807) is 24.9 Å². The third-order valence-electron chi connectivity index (χ3n) is 5.33. The van der Waals surface area contributed by atoms with Crippen LogP contribution in [0.15, 0.2) is 69.3 Å². The number of hydrogen-bond donors (Lipinski definition) is 1. The minimum atomic E-state index is -0.416. The summed E-state index contributed by atoms with van der Waals surface area (Å²) in [4.78, 5) is 32.4. The van der Waals surface area contributed by atoms with Crippen LogP contribution >= 0.6 is 0 Å². The zero-order valence-corrected chi connectivity index (χ0v) is 18.5. The highest BCUT2D eigenvalue weighted by Gasteiger charge is 2.18. The van der Waals surface area contributed by atoms with Crippen molar-refractivity contribution in [1.82, 2.24) is 18.7 Å². The van der Waals surface area contributed by atoms with Crippen molar-refractivity contribution in [3.63, 3.8) is 0 Å². The summed E-state index contributed by atoms with van der Waals surface area (Å²) in [7, 11) is 7.30. The van der Waals surface area contributed by atoms with Gasteiger partial charge in [-0.05, 0) is 23.3 Å². The third kappa shape index (κ3) is 3.92. The summed E-state index contributed by atoms with van der Waals surface area (Å²) in [6.45, 7) is 0.192. The maximum Gasteiger partial charge on any atom is 0.332 e. The first-order chi connectivity index (χ1) is 15.4. The first-order valence-corrected chi connectivity index (χ1v) is 10.1. The summed E-state index contributed by atoms with van der Waals surface area (Å²) in [6, 6.07) is 17.3. The molecular weight excluding hydrogens is 406 g/mol. The van der Waals surface area contributed by atoms with Crippen molar-refractivity contribution < 1.29 is 0 Å². The van der Waals surface area contributed by atoms with Gasteiger partial charge in [-0.15, -0.1) is 0 Å². The first-order valence-electron chi connectivity index (χ1n) is 10.1. The quantitative estimate of drug-likeness (QED) is 0.373. The zero-order chi connectivity index (χ0) is 22.8. The van der Waals surface area contributed by atoms with Crippen LogP contribution in [0.5, 0.6) is 0 Å². The van der Waals surface area contributed by atoms with Gasteiger partial charge < -0.3 is 9.47 Å². The second kappa shape index (κ2) is 8.54. The van der Waals surface area contributed by atoms with Gasteiger partial charge in [-0.25, -0.2) is 10.2 Å². The van der Waals surface area contributed by atoms with Crippen molar-refractivity contribution >= 4 is 29.0 Å². The molecule has 32 heavy (non-hydrogen) atoms. The number of benzene rings is 2. The van der Waals surface area contributed by atoms with E-state index in [-0.39, 0.29) is 6.54 Å². The average molecular weight is 432 g/mol. The first kappa shape index (κ1) is 21.1. The second-order valence-electron chi connectivity index (χ2n) is 7.74. The van der Waals surface area contributed by atoms with E-state index in [1.807, 2.05) is 73.6 Å². The fraction of sp³-hybridized carbons (Fsp3) is 0.217. The lowest BCUT2D eigenvalue weighted by atomic mass is 10.2. The molecule has 2 heterocycles. The lowest BCUT2D eigenvalue weighted by Crippen LogP contribution is -2.39. The highest BCUT2D eigenvalue weighted by molar-refractivity contribution is 5.81. The molecule has 0 spiro atoms. The number of fused-ring (bicyclic) bond motifs is 1. The Hall–Kier alpha value is -4.14. The van der Waals surface area contributed by atoms with Gasteiger partial charge in [-0.1, -0.05) is 42.5 Å². The van der Waals surface area contributed by atoms with Gasteiger partial charge in [0.2, 0.25) is 5.95 Å². The monoisotopic (exact) mass is 431 g/mol. The van der Waals surface area contributed by atoms with E-state index in [4.69, 9.17) is 0 Å². The summed E-state index contributed by atoms with van der Waals surface area (Å²) in [5.41, 5.74) is 5.59. The molecule has 4 rings (SSSR count). The Morgan fingerprint density at radius 1 is 1.00 bits per heavy atom. The van der Waals surface area contributed by atoms with E-state index >= 15 is 0 Å². The van der Waals surface area contributed by atoms with Gasteiger partial charge in [0.05, 0.1) is 12.8 Å². The average Bonchev–Trinajstić information content (AvgIpc) is 3.13. The van der Waals surface area contributed by atoms with Crippen LogP contribution in [0.1, 0.15) is 11.1 Å². The van der Waals surface area contributed by atoms with E-state index in [1.165, 1.54) is 9.13 Å². The highest BCUT2D eigenvalue weighted by atomic mass is 16.2. The molecule has 4 aromatic rings. The molecule has 0 aliphatic carbocycles. The van der Waals surface area contributed by atoms with Crippen LogP contribution < -0.4 is 21.6 Å². The maximum atomic E-state index is 13.1. The SMILES string of the molecule is CN(C)c1ccc(C=NNc2nc3c(c(=O)n(Cc4ccccc4)c(=O)n3C)n2C)cc1. The Morgan fingerprint density at radius 2 is 1.69 bits per heavy atom. The normalized spacial score (nSPS) is 11.4. The summed E-state index contributed by atoms with van der Waals surface area (Å²) < 4.78 is 4.22. The van der Waals surface area contributed by atoms with E-state index < -0.39 is 11.2 Å². The molecule has 0 saturated heterocycles. The van der Waals surface area contributed by atoms with Gasteiger partial charge in [0, 0.05) is 33.9 Å². The molecule has 0 unspecified atom stereocenters. The molecule has 9 nitrogen and oxygen atoms in total. The third-order valence-corrected chi connectivity index (χ3v) is 5.33. The van der Waals surface area contributed by atoms with Crippen LogP contribution in [0.25, 0.3) is 11.2 Å². The highest BCUT2D eigenvalue weighted by Crippen LogP contribution is 2.14. The van der Waals surface area contributed by atoms with Crippen LogP contribution in [-0.4, -0.2) is 39.0 Å². The van der Waals surface area contributed by atoms with E-state index in [2.05, 4.69) is 15.5 Å². The Labute approximate surface area is 184 Å². The molecule has 0 saturated carbocycles. The van der Waals surface area contributed by atoms with Crippen molar-refractivity contribution in [2.24, 2.45) is 19.2 Å². The molecule has 0 aliphatic rings. The van der Waals surface area contributed by atoms with Crippen LogP contribution in [0.3, 0.4) is 0 Å². The number of rotatable bonds is 6. The van der Waals surface area contributed by atoms with Crippen molar-refractivity contribution in [2.45, 2.75) is 6.54 Å². The summed E-state index contributed by atoms with van der Waals surface area (Å²) in [6.07, 6.45) is 1.67. The molecule has 0 fully saturated rings. The van der Waals surface area contributed by atoms with E-state index in [9.17, 15) is 9.59 Å². The molecular formula is C23H25N7O2. The molecule has 0 bridgehead atoms. The number of nitrogens with one attached hydrogen (secondary N) is 1. The van der Waals surface area contributed by atoms with E-state index in [0.29, 0.717) is 17.1 Å². The standard InChI is InChI=1S/C23H25N7O2/c1-27(2)18-12-10-16(11-13-18)14-24-26-22-25-20-19(28(22)3)21(31)30(23(32)29(20)4)15-17-8-6-5-7-9-17/h5-14H,15H2,1-4H3,(H,25,26). The topological polar surface area (TPSA) is 89.5 Å². The van der Waals surface area contributed by atoms with Crippen LogP contribution in [0.4, 0.5) is 11.6 Å². The smallest absolute Gasteiger partial charge is 0.332 e. The lowest BCUT2D eigenvalue weighted by Gasteiger charge is -2.11. The number of hydrogen-bond acceptors (Lipinski definition) is 6. The Morgan fingerprint density at radius 3 is 2.34 bits per heavy atom. The Bertz CT molecular complexity index is 1400. The molecule has 164 valence electrons. The van der Waals surface area contributed by atoms with Gasteiger partial charge in [0.25, 0.3) is 5.56 Å². The predicted octanol–water partition coefficient (Wildman–Crippen LogP) is 1.99. The second-order valence-corrected chi connectivity index (χ2v) is 7.74. The minimum Gasteiger partial charge on any atom is -0.378 e. The van der Waals surface area contributed by atoms with E-state index in [0.717, 1.165) is 16.8 Å². The number of anilines is 2. The zero-order valence-electron chi connectivity index (χ0n) is 18.5. The fourth-order valence-corrected chi connectivity index (χ4v) is 3.47. The molecule has 9 heteroatoms. The van der Waals surface area contributed by atoms with Crippen molar-refractivity contribution in [2.75, 3.05) is 24.4 Å². The van der Waals surface area contributed by atoms with Gasteiger partial charge in [0.1, 0.15) is 0 Å².